The third-order valence-electron chi connectivity index (χ3n) is 4.03. The summed E-state index contributed by atoms with van der Waals surface area (Å²) in [5, 5.41) is 12.8. The van der Waals surface area contributed by atoms with Crippen molar-refractivity contribution in [1.29, 1.82) is 0 Å². The summed E-state index contributed by atoms with van der Waals surface area (Å²) in [6.07, 6.45) is 4.41. The van der Waals surface area contributed by atoms with Crippen molar-refractivity contribution in [1.82, 2.24) is 0 Å². The van der Waals surface area contributed by atoms with Crippen LogP contribution in [0, 0.1) is 23.0 Å². The van der Waals surface area contributed by atoms with E-state index in [9.17, 15) is 10.1 Å². The Morgan fingerprint density at radius 3 is 2.71 bits per heavy atom. The van der Waals surface area contributed by atoms with Crippen LogP contribution in [0.25, 0.3) is 0 Å². The second-order valence-corrected chi connectivity index (χ2v) is 6.84. The molecule has 126 valence electrons. The van der Waals surface area contributed by atoms with Crippen molar-refractivity contribution in [3.05, 3.63) is 58.1 Å². The first-order valence-corrected chi connectivity index (χ1v) is 9.13. The van der Waals surface area contributed by atoms with E-state index in [1.165, 1.54) is 23.8 Å². The van der Waals surface area contributed by atoms with E-state index in [0.717, 1.165) is 11.3 Å². The lowest BCUT2D eigenvalue weighted by Crippen LogP contribution is -2.20. The summed E-state index contributed by atoms with van der Waals surface area (Å²) in [7, 11) is 0. The van der Waals surface area contributed by atoms with Crippen LogP contribution in [0.1, 0.15) is 18.4 Å². The number of hydrogen-bond acceptors (Lipinski definition) is 5. The van der Waals surface area contributed by atoms with Gasteiger partial charge in [-0.2, -0.15) is 0 Å². The predicted octanol–water partition coefficient (Wildman–Crippen LogP) is 5.10. The molecule has 1 aliphatic carbocycles. The third kappa shape index (κ3) is 3.88. The number of anilines is 2. The van der Waals surface area contributed by atoms with E-state index >= 15 is 0 Å². The van der Waals surface area contributed by atoms with E-state index in [4.69, 9.17) is 4.84 Å². The van der Waals surface area contributed by atoms with Crippen molar-refractivity contribution in [3.8, 4) is 0 Å². The smallest absolute Gasteiger partial charge is 0.268 e. The lowest BCUT2D eigenvalue weighted by Gasteiger charge is -2.25. The zero-order valence-corrected chi connectivity index (χ0v) is 14.6. The Hall–Kier alpha value is -2.05. The molecule has 2 aromatic rings. The van der Waals surface area contributed by atoms with Gasteiger partial charge in [0.05, 0.1) is 22.9 Å². The Morgan fingerprint density at radius 2 is 2.08 bits per heavy atom. The van der Waals surface area contributed by atoms with Crippen molar-refractivity contribution in [3.63, 3.8) is 0 Å². The van der Waals surface area contributed by atoms with Gasteiger partial charge in [0.2, 0.25) is 0 Å². The number of aryl methyl sites for hydroxylation is 1. The van der Waals surface area contributed by atoms with E-state index in [1.807, 2.05) is 31.4 Å². The van der Waals surface area contributed by atoms with Crippen LogP contribution in [0.15, 0.2) is 47.4 Å². The zero-order valence-electron chi connectivity index (χ0n) is 13.8. The Labute approximate surface area is 145 Å². The van der Waals surface area contributed by atoms with E-state index in [2.05, 4.69) is 6.07 Å². The van der Waals surface area contributed by atoms with Crippen molar-refractivity contribution < 1.29 is 9.76 Å². The second kappa shape index (κ2) is 7.23. The molecule has 24 heavy (non-hydrogen) atoms. The van der Waals surface area contributed by atoms with Gasteiger partial charge >= 0.3 is 0 Å². The highest BCUT2D eigenvalue weighted by Gasteiger charge is 2.24. The van der Waals surface area contributed by atoms with Gasteiger partial charge in [-0.05, 0) is 61.8 Å². The van der Waals surface area contributed by atoms with Gasteiger partial charge in [0.1, 0.15) is 0 Å². The standard InChI is InChI=1S/C18H20N2O3S/c1-13-10-17(24-2)8-9-18(13)19(23-12-14-6-7-14)15-4-3-5-16(11-15)20(21)22/h3-5,8-11,14H,6-7,12H2,1-2H3. The van der Waals surface area contributed by atoms with Crippen LogP contribution in [0.2, 0.25) is 0 Å². The average Bonchev–Trinajstić information content (AvgIpc) is 3.40. The minimum Gasteiger partial charge on any atom is -0.268 e. The van der Waals surface area contributed by atoms with Crippen LogP contribution >= 0.6 is 11.8 Å². The Kier molecular flexibility index (Phi) is 5.06. The summed E-state index contributed by atoms with van der Waals surface area (Å²) < 4.78 is 0. The maximum Gasteiger partial charge on any atom is 0.271 e. The highest BCUT2D eigenvalue weighted by molar-refractivity contribution is 7.98. The van der Waals surface area contributed by atoms with Gasteiger partial charge in [0.25, 0.3) is 5.69 Å². The molecule has 0 aliphatic heterocycles. The molecule has 1 saturated carbocycles. The number of nitro benzene ring substituents is 1. The number of non-ortho nitro benzene ring substituents is 1. The minimum absolute atomic E-state index is 0.0610. The topological polar surface area (TPSA) is 55.6 Å². The highest BCUT2D eigenvalue weighted by Crippen LogP contribution is 2.35. The molecule has 0 spiro atoms. The number of hydrogen-bond donors (Lipinski definition) is 0. The lowest BCUT2D eigenvalue weighted by molar-refractivity contribution is -0.384. The summed E-state index contributed by atoms with van der Waals surface area (Å²) in [4.78, 5) is 17.9. The fourth-order valence-electron chi connectivity index (χ4n) is 2.46. The molecule has 5 nitrogen and oxygen atoms in total. The molecule has 0 radical (unpaired) electrons. The van der Waals surface area contributed by atoms with Gasteiger partial charge in [0.15, 0.2) is 0 Å². The fourth-order valence-corrected chi connectivity index (χ4v) is 2.96. The molecule has 2 aromatic carbocycles. The van der Waals surface area contributed by atoms with Gasteiger partial charge in [0, 0.05) is 17.0 Å². The molecule has 6 heteroatoms. The zero-order chi connectivity index (χ0) is 17.1. The quantitative estimate of drug-likeness (QED) is 0.397. The van der Waals surface area contributed by atoms with E-state index in [1.54, 1.807) is 29.0 Å². The van der Waals surface area contributed by atoms with Crippen LogP contribution in [0.5, 0.6) is 0 Å². The molecule has 0 amide bonds. The summed E-state index contributed by atoms with van der Waals surface area (Å²) in [6, 6.07) is 12.7. The van der Waals surface area contributed by atoms with Crippen molar-refractivity contribution in [2.24, 2.45) is 5.92 Å². The van der Waals surface area contributed by atoms with Crippen LogP contribution < -0.4 is 5.06 Å². The molecule has 0 aromatic heterocycles. The first-order chi connectivity index (χ1) is 11.6. The molecule has 0 bridgehead atoms. The first kappa shape index (κ1) is 16.8. The second-order valence-electron chi connectivity index (χ2n) is 5.96. The number of nitro groups is 1. The number of benzene rings is 2. The molecule has 0 unspecified atom stereocenters. The van der Waals surface area contributed by atoms with Gasteiger partial charge < -0.3 is 0 Å². The van der Waals surface area contributed by atoms with Gasteiger partial charge in [-0.15, -0.1) is 11.8 Å². The fraction of sp³-hybridized carbons (Fsp3) is 0.333. The van der Waals surface area contributed by atoms with Crippen molar-refractivity contribution >= 4 is 28.8 Å². The predicted molar refractivity (Wildman–Crippen MR) is 96.9 cm³/mol. The molecular formula is C18H20N2O3S. The summed E-state index contributed by atoms with van der Waals surface area (Å²) in [6.45, 7) is 2.66. The van der Waals surface area contributed by atoms with E-state index in [-0.39, 0.29) is 10.6 Å². The van der Waals surface area contributed by atoms with Gasteiger partial charge in [-0.1, -0.05) is 6.07 Å². The molecule has 1 aliphatic rings. The Balaban J connectivity index is 1.96. The molecule has 0 heterocycles. The highest BCUT2D eigenvalue weighted by atomic mass is 32.2. The minimum atomic E-state index is -0.383. The largest absolute Gasteiger partial charge is 0.271 e. The molecule has 0 N–H and O–H groups in total. The van der Waals surface area contributed by atoms with Crippen LogP contribution in [0.3, 0.4) is 0 Å². The average molecular weight is 344 g/mol. The third-order valence-corrected chi connectivity index (χ3v) is 4.76. The monoisotopic (exact) mass is 344 g/mol. The van der Waals surface area contributed by atoms with Crippen molar-refractivity contribution in [2.75, 3.05) is 17.9 Å². The van der Waals surface area contributed by atoms with E-state index < -0.39 is 0 Å². The molecule has 3 rings (SSSR count). The Morgan fingerprint density at radius 1 is 1.29 bits per heavy atom. The van der Waals surface area contributed by atoms with Crippen LogP contribution in [-0.2, 0) is 4.84 Å². The number of rotatable bonds is 7. The van der Waals surface area contributed by atoms with Crippen LogP contribution in [-0.4, -0.2) is 17.8 Å². The maximum atomic E-state index is 11.1. The molecular weight excluding hydrogens is 324 g/mol. The molecule has 0 saturated heterocycles. The normalized spacial score (nSPS) is 13.8. The van der Waals surface area contributed by atoms with E-state index in [0.29, 0.717) is 18.2 Å². The molecule has 0 atom stereocenters. The SMILES string of the molecule is CSc1ccc(N(OCC2CC2)c2cccc([N+](=O)[O-])c2)c(C)c1. The summed E-state index contributed by atoms with van der Waals surface area (Å²) >= 11 is 1.69. The maximum absolute atomic E-state index is 11.1. The van der Waals surface area contributed by atoms with Gasteiger partial charge in [-0.25, -0.2) is 5.06 Å². The van der Waals surface area contributed by atoms with Crippen molar-refractivity contribution in [2.45, 2.75) is 24.7 Å². The Bertz CT molecular complexity index is 747. The van der Waals surface area contributed by atoms with Gasteiger partial charge in [-0.3, -0.25) is 15.0 Å². The van der Waals surface area contributed by atoms with Crippen LogP contribution in [0.4, 0.5) is 17.1 Å². The number of thioether (sulfide) groups is 1. The summed E-state index contributed by atoms with van der Waals surface area (Å²) in [5.74, 6) is 0.594. The lowest BCUT2D eigenvalue weighted by atomic mass is 10.2. The first-order valence-electron chi connectivity index (χ1n) is 7.90. The number of nitrogens with zero attached hydrogens (tertiary/aromatic N) is 2. The molecule has 1 fully saturated rings. The summed E-state index contributed by atoms with van der Waals surface area (Å²) in [5.41, 5.74) is 2.72.